The van der Waals surface area contributed by atoms with Crippen LogP contribution in [0.25, 0.3) is 10.4 Å². The van der Waals surface area contributed by atoms with E-state index in [0.717, 1.165) is 25.7 Å². The molecule has 0 fully saturated rings. The highest BCUT2D eigenvalue weighted by Crippen LogP contribution is 1.98. The number of hydrogen-bond donors (Lipinski definition) is 0. The first-order valence-corrected chi connectivity index (χ1v) is 3.36. The summed E-state index contributed by atoms with van der Waals surface area (Å²) in [5, 5.41) is 3.40. The summed E-state index contributed by atoms with van der Waals surface area (Å²) >= 11 is 0. The van der Waals surface area contributed by atoms with Crippen LogP contribution in [-0.4, -0.2) is 6.54 Å². The molecule has 0 saturated heterocycles. The van der Waals surface area contributed by atoms with Gasteiger partial charge in [0.1, 0.15) is 0 Å². The van der Waals surface area contributed by atoms with Crippen LogP contribution in [0.3, 0.4) is 0 Å². The number of terminal acetylenes is 1. The van der Waals surface area contributed by atoms with E-state index in [4.69, 9.17) is 12.0 Å². The Morgan fingerprint density at radius 3 is 2.80 bits per heavy atom. The first-order chi connectivity index (χ1) is 4.91. The van der Waals surface area contributed by atoms with Gasteiger partial charge in [-0.1, -0.05) is 11.5 Å². The molecule has 0 N–H and O–H groups in total. The molecule has 0 aromatic carbocycles. The molecule has 0 amide bonds. The van der Waals surface area contributed by atoms with E-state index in [0.29, 0.717) is 6.54 Å². The van der Waals surface area contributed by atoms with Crippen LogP contribution in [0.1, 0.15) is 25.7 Å². The van der Waals surface area contributed by atoms with Gasteiger partial charge in [0.25, 0.3) is 0 Å². The second-order valence-corrected chi connectivity index (χ2v) is 1.97. The smallest absolute Gasteiger partial charge is 0.0257 e. The van der Waals surface area contributed by atoms with Gasteiger partial charge in [-0.3, -0.25) is 0 Å². The average Bonchev–Trinajstić information content (AvgIpc) is 1.97. The molecule has 54 valence electrons. The normalized spacial score (nSPS) is 7.90. The van der Waals surface area contributed by atoms with Crippen LogP contribution in [0, 0.1) is 12.3 Å². The van der Waals surface area contributed by atoms with Gasteiger partial charge in [-0.15, -0.1) is 12.3 Å². The lowest BCUT2D eigenvalue weighted by molar-refractivity contribution is 0.700. The third kappa shape index (κ3) is 6.87. The molecule has 3 nitrogen and oxygen atoms in total. The number of nitrogens with zero attached hydrogens (tertiary/aromatic N) is 3. The van der Waals surface area contributed by atoms with E-state index >= 15 is 0 Å². The molecule has 0 radical (unpaired) electrons. The van der Waals surface area contributed by atoms with Crippen molar-refractivity contribution < 1.29 is 0 Å². The van der Waals surface area contributed by atoms with Crippen molar-refractivity contribution in [1.82, 2.24) is 0 Å². The van der Waals surface area contributed by atoms with E-state index in [1.165, 1.54) is 0 Å². The Kier molecular flexibility index (Phi) is 6.98. The molecule has 0 aliphatic carbocycles. The van der Waals surface area contributed by atoms with Gasteiger partial charge >= 0.3 is 0 Å². The van der Waals surface area contributed by atoms with E-state index < -0.39 is 0 Å². The summed E-state index contributed by atoms with van der Waals surface area (Å²) in [5.41, 5.74) is 7.89. The molecule has 0 aliphatic heterocycles. The van der Waals surface area contributed by atoms with E-state index in [-0.39, 0.29) is 0 Å². The van der Waals surface area contributed by atoms with Gasteiger partial charge < -0.3 is 0 Å². The van der Waals surface area contributed by atoms with Crippen molar-refractivity contribution in [3.63, 3.8) is 0 Å². The maximum absolute atomic E-state index is 7.89. The van der Waals surface area contributed by atoms with Gasteiger partial charge in [-0.2, -0.15) is 0 Å². The molecular formula is C7H11N3. The van der Waals surface area contributed by atoms with Gasteiger partial charge in [0, 0.05) is 17.9 Å². The maximum Gasteiger partial charge on any atom is 0.0257 e. The summed E-state index contributed by atoms with van der Waals surface area (Å²) in [4.78, 5) is 2.64. The Morgan fingerprint density at radius 2 is 2.20 bits per heavy atom. The third-order valence-corrected chi connectivity index (χ3v) is 1.14. The summed E-state index contributed by atoms with van der Waals surface area (Å²) in [6.45, 7) is 0.598. The highest BCUT2D eigenvalue weighted by Gasteiger charge is 1.84. The lowest BCUT2D eigenvalue weighted by Crippen LogP contribution is -1.79. The second-order valence-electron chi connectivity index (χ2n) is 1.97. The predicted molar refractivity (Wildman–Crippen MR) is 41.3 cm³/mol. The molecule has 0 saturated carbocycles. The lowest BCUT2D eigenvalue weighted by atomic mass is 10.2. The monoisotopic (exact) mass is 137 g/mol. The highest BCUT2D eigenvalue weighted by molar-refractivity contribution is 4.82. The molecule has 3 heteroatoms. The minimum Gasteiger partial charge on any atom is -0.120 e. The van der Waals surface area contributed by atoms with Crippen LogP contribution < -0.4 is 0 Å². The Bertz CT molecular complexity index is 151. The van der Waals surface area contributed by atoms with E-state index in [1.54, 1.807) is 0 Å². The van der Waals surface area contributed by atoms with Gasteiger partial charge in [0.2, 0.25) is 0 Å². The lowest BCUT2D eigenvalue weighted by Gasteiger charge is -1.90. The second kappa shape index (κ2) is 7.87. The molecule has 0 aromatic rings. The molecule has 10 heavy (non-hydrogen) atoms. The van der Waals surface area contributed by atoms with Crippen molar-refractivity contribution in [3.8, 4) is 12.3 Å². The van der Waals surface area contributed by atoms with Crippen molar-refractivity contribution in [3.05, 3.63) is 10.4 Å². The maximum atomic E-state index is 7.89. The van der Waals surface area contributed by atoms with Crippen LogP contribution in [0.5, 0.6) is 0 Å². The summed E-state index contributed by atoms with van der Waals surface area (Å²) in [6, 6.07) is 0. The zero-order chi connectivity index (χ0) is 7.66. The van der Waals surface area contributed by atoms with E-state index in [1.807, 2.05) is 0 Å². The first-order valence-electron chi connectivity index (χ1n) is 3.36. The molecule has 0 rings (SSSR count). The minimum absolute atomic E-state index is 0.598. The van der Waals surface area contributed by atoms with Crippen molar-refractivity contribution in [1.29, 1.82) is 0 Å². The van der Waals surface area contributed by atoms with E-state index in [2.05, 4.69) is 15.9 Å². The summed E-state index contributed by atoms with van der Waals surface area (Å²) in [6.07, 6.45) is 8.92. The van der Waals surface area contributed by atoms with Crippen molar-refractivity contribution >= 4 is 0 Å². The van der Waals surface area contributed by atoms with Crippen LogP contribution in [0.15, 0.2) is 5.11 Å². The molecule has 0 aliphatic rings. The van der Waals surface area contributed by atoms with Crippen molar-refractivity contribution in [2.45, 2.75) is 25.7 Å². The van der Waals surface area contributed by atoms with Crippen LogP contribution in [0.2, 0.25) is 0 Å². The molecular weight excluding hydrogens is 126 g/mol. The molecule has 0 heterocycles. The molecule has 0 bridgehead atoms. The van der Waals surface area contributed by atoms with Gasteiger partial charge in [0.15, 0.2) is 0 Å². The quantitative estimate of drug-likeness (QED) is 0.184. The summed E-state index contributed by atoms with van der Waals surface area (Å²) < 4.78 is 0. The Balaban J connectivity index is 2.92. The largest absolute Gasteiger partial charge is 0.120 e. The predicted octanol–water partition coefficient (Wildman–Crippen LogP) is 2.49. The van der Waals surface area contributed by atoms with Gasteiger partial charge in [-0.25, -0.2) is 0 Å². The Hall–Kier alpha value is -1.13. The SMILES string of the molecule is C#CCCCCCN=[N+]=[N-]. The van der Waals surface area contributed by atoms with Crippen LogP contribution >= 0.6 is 0 Å². The molecule has 0 atom stereocenters. The number of rotatable bonds is 5. The first kappa shape index (κ1) is 8.87. The Labute approximate surface area is 61.1 Å². The fraction of sp³-hybridized carbons (Fsp3) is 0.714. The summed E-state index contributed by atoms with van der Waals surface area (Å²) in [7, 11) is 0. The number of unbranched alkanes of at least 4 members (excludes halogenated alkanes) is 3. The molecule has 0 aromatic heterocycles. The zero-order valence-electron chi connectivity index (χ0n) is 5.95. The Morgan fingerprint density at radius 1 is 1.40 bits per heavy atom. The highest BCUT2D eigenvalue weighted by atomic mass is 15.1. The van der Waals surface area contributed by atoms with Gasteiger partial charge in [-0.05, 0) is 18.4 Å². The third-order valence-electron chi connectivity index (χ3n) is 1.14. The van der Waals surface area contributed by atoms with Crippen molar-refractivity contribution in [2.75, 3.05) is 6.54 Å². The number of azide groups is 1. The zero-order valence-corrected chi connectivity index (χ0v) is 5.95. The fourth-order valence-corrected chi connectivity index (χ4v) is 0.631. The fourth-order valence-electron chi connectivity index (χ4n) is 0.631. The van der Waals surface area contributed by atoms with E-state index in [9.17, 15) is 0 Å². The van der Waals surface area contributed by atoms with Gasteiger partial charge in [0.05, 0.1) is 0 Å². The topological polar surface area (TPSA) is 48.8 Å². The summed E-state index contributed by atoms with van der Waals surface area (Å²) in [5.74, 6) is 2.56. The standard InChI is InChI=1S/C7H11N3/c1-2-3-4-5-6-7-9-10-8/h1H,3-7H2. The average molecular weight is 137 g/mol. The molecule has 0 spiro atoms. The number of hydrogen-bond acceptors (Lipinski definition) is 1. The molecule has 0 unspecified atom stereocenters. The van der Waals surface area contributed by atoms with Crippen LogP contribution in [-0.2, 0) is 0 Å². The van der Waals surface area contributed by atoms with Crippen molar-refractivity contribution in [2.24, 2.45) is 5.11 Å². The minimum atomic E-state index is 0.598. The van der Waals surface area contributed by atoms with Crippen LogP contribution in [0.4, 0.5) is 0 Å².